The fraction of sp³-hybridized carbons (Fsp3) is 0.333. The third-order valence-corrected chi connectivity index (χ3v) is 5.01. The van der Waals surface area contributed by atoms with Crippen molar-refractivity contribution < 1.29 is 13.2 Å². The molecule has 0 radical (unpaired) electrons. The number of nitrogens with zero attached hydrogens (tertiary/aromatic N) is 2. The van der Waals surface area contributed by atoms with Crippen molar-refractivity contribution in [1.82, 2.24) is 10.2 Å². The first-order valence-corrected chi connectivity index (χ1v) is 8.96. The van der Waals surface area contributed by atoms with Crippen molar-refractivity contribution in [3.8, 4) is 0 Å². The predicted molar refractivity (Wildman–Crippen MR) is 82.5 cm³/mol. The summed E-state index contributed by atoms with van der Waals surface area (Å²) >= 11 is 0. The minimum atomic E-state index is -3.35. The number of benzene rings is 1. The molecule has 0 bridgehead atoms. The zero-order valence-corrected chi connectivity index (χ0v) is 13.1. The van der Waals surface area contributed by atoms with Crippen LogP contribution >= 0.6 is 0 Å². The van der Waals surface area contributed by atoms with Crippen molar-refractivity contribution in [2.24, 2.45) is 0 Å². The van der Waals surface area contributed by atoms with Crippen molar-refractivity contribution >= 4 is 21.4 Å². The highest BCUT2D eigenvalue weighted by Crippen LogP contribution is 2.26. The number of carbonyl (C=O) groups excluding carboxylic acids is 1. The average molecular weight is 319 g/mol. The number of H-pyrrole nitrogens is 1. The molecule has 6 nitrogen and oxygen atoms in total. The Balaban J connectivity index is 1.88. The van der Waals surface area contributed by atoms with Gasteiger partial charge in [-0.1, -0.05) is 18.2 Å². The van der Waals surface area contributed by atoms with Crippen LogP contribution in [0.2, 0.25) is 0 Å². The monoisotopic (exact) mass is 319 g/mol. The number of anilines is 1. The maximum atomic E-state index is 12.6. The third kappa shape index (κ3) is 2.76. The van der Waals surface area contributed by atoms with Gasteiger partial charge in [-0.3, -0.25) is 9.89 Å². The van der Waals surface area contributed by atoms with Gasteiger partial charge < -0.3 is 4.90 Å². The predicted octanol–water partition coefficient (Wildman–Crippen LogP) is 1.34. The molecule has 116 valence electrons. The summed E-state index contributed by atoms with van der Waals surface area (Å²) in [5.41, 5.74) is 2.29. The zero-order valence-electron chi connectivity index (χ0n) is 12.2. The van der Waals surface area contributed by atoms with Crippen LogP contribution < -0.4 is 4.90 Å². The first kappa shape index (κ1) is 14.8. The van der Waals surface area contributed by atoms with Crippen molar-refractivity contribution in [3.05, 3.63) is 41.7 Å². The Morgan fingerprint density at radius 1 is 1.36 bits per heavy atom. The van der Waals surface area contributed by atoms with Gasteiger partial charge in [-0.2, -0.15) is 5.10 Å². The molecule has 0 fully saturated rings. The second kappa shape index (κ2) is 5.57. The molecular weight excluding hydrogens is 302 g/mol. The molecule has 1 aliphatic heterocycles. The van der Waals surface area contributed by atoms with E-state index in [1.54, 1.807) is 29.3 Å². The molecule has 2 heterocycles. The van der Waals surface area contributed by atoms with Gasteiger partial charge in [0.1, 0.15) is 0 Å². The smallest absolute Gasteiger partial charge is 0.231 e. The van der Waals surface area contributed by atoms with Gasteiger partial charge in [0.2, 0.25) is 5.91 Å². The van der Waals surface area contributed by atoms with Crippen molar-refractivity contribution in [1.29, 1.82) is 0 Å². The van der Waals surface area contributed by atoms with E-state index in [0.717, 1.165) is 30.5 Å². The zero-order chi connectivity index (χ0) is 15.7. The summed E-state index contributed by atoms with van der Waals surface area (Å²) in [5, 5.41) is 6.89. The number of hydrogen-bond acceptors (Lipinski definition) is 4. The van der Waals surface area contributed by atoms with E-state index in [0.29, 0.717) is 12.1 Å². The quantitative estimate of drug-likeness (QED) is 0.925. The maximum absolute atomic E-state index is 12.6. The Morgan fingerprint density at radius 3 is 2.91 bits per heavy atom. The molecule has 2 aromatic rings. The van der Waals surface area contributed by atoms with Crippen molar-refractivity contribution in [3.63, 3.8) is 0 Å². The van der Waals surface area contributed by atoms with Gasteiger partial charge in [-0.15, -0.1) is 0 Å². The number of nitrogens with one attached hydrogen (secondary N) is 1. The van der Waals surface area contributed by atoms with Crippen molar-refractivity contribution in [2.45, 2.75) is 24.2 Å². The minimum absolute atomic E-state index is 0.0634. The van der Waals surface area contributed by atoms with E-state index in [4.69, 9.17) is 0 Å². The molecule has 22 heavy (non-hydrogen) atoms. The molecule has 1 aromatic heterocycles. The van der Waals surface area contributed by atoms with Crippen LogP contribution in [0.4, 0.5) is 5.69 Å². The highest BCUT2D eigenvalue weighted by molar-refractivity contribution is 7.90. The van der Waals surface area contributed by atoms with Gasteiger partial charge in [0.05, 0.1) is 28.9 Å². The van der Waals surface area contributed by atoms with Crippen LogP contribution in [0.25, 0.3) is 0 Å². The molecule has 0 atom stereocenters. The second-order valence-corrected chi connectivity index (χ2v) is 7.42. The topological polar surface area (TPSA) is 83.1 Å². The highest BCUT2D eigenvalue weighted by atomic mass is 32.2. The Morgan fingerprint density at radius 2 is 2.14 bits per heavy atom. The van der Waals surface area contributed by atoms with E-state index in [2.05, 4.69) is 10.2 Å². The summed E-state index contributed by atoms with van der Waals surface area (Å²) < 4.78 is 23.7. The Labute approximate surface area is 129 Å². The number of fused-ring (bicyclic) bond motifs is 1. The molecule has 0 saturated heterocycles. The SMILES string of the molecule is CS(=O)(=O)c1ccccc1CC(=O)N1CCCc2[nH]ncc21. The molecule has 1 aromatic carbocycles. The normalized spacial score (nSPS) is 14.7. The molecule has 0 unspecified atom stereocenters. The lowest BCUT2D eigenvalue weighted by Gasteiger charge is -2.26. The summed E-state index contributed by atoms with van der Waals surface area (Å²) in [6.07, 6.45) is 4.61. The van der Waals surface area contributed by atoms with Gasteiger partial charge in [-0.25, -0.2) is 8.42 Å². The average Bonchev–Trinajstić information content (AvgIpc) is 2.94. The van der Waals surface area contributed by atoms with E-state index in [1.165, 1.54) is 6.07 Å². The lowest BCUT2D eigenvalue weighted by atomic mass is 10.1. The van der Waals surface area contributed by atoms with Crippen LogP contribution in [0.15, 0.2) is 35.4 Å². The number of hydrogen-bond donors (Lipinski definition) is 1. The summed E-state index contributed by atoms with van der Waals surface area (Å²) in [6.45, 7) is 0.631. The first-order chi connectivity index (χ1) is 10.5. The van der Waals surface area contributed by atoms with Gasteiger partial charge in [-0.05, 0) is 24.5 Å². The van der Waals surface area contributed by atoms with Crippen LogP contribution in [-0.2, 0) is 27.5 Å². The van der Waals surface area contributed by atoms with Gasteiger partial charge in [0.15, 0.2) is 9.84 Å². The summed E-state index contributed by atoms with van der Waals surface area (Å²) in [5.74, 6) is -0.113. The number of sulfone groups is 1. The third-order valence-electron chi connectivity index (χ3n) is 3.81. The fourth-order valence-corrected chi connectivity index (χ4v) is 3.73. The van der Waals surface area contributed by atoms with Crippen LogP contribution in [0.1, 0.15) is 17.7 Å². The van der Waals surface area contributed by atoms with E-state index in [-0.39, 0.29) is 17.2 Å². The number of aromatic amines is 1. The van der Waals surface area contributed by atoms with Crippen LogP contribution in [-0.4, -0.2) is 37.3 Å². The summed E-state index contributed by atoms with van der Waals surface area (Å²) in [7, 11) is -3.35. The lowest BCUT2D eigenvalue weighted by molar-refractivity contribution is -0.118. The molecule has 7 heteroatoms. The molecule has 1 aliphatic rings. The standard InChI is InChI=1S/C15H17N3O3S/c1-22(20,21)14-7-3-2-5-11(14)9-15(19)18-8-4-6-12-13(18)10-16-17-12/h2-3,5,7,10H,4,6,8-9H2,1H3,(H,16,17). The second-order valence-electron chi connectivity index (χ2n) is 5.44. The van der Waals surface area contributed by atoms with Gasteiger partial charge >= 0.3 is 0 Å². The van der Waals surface area contributed by atoms with E-state index < -0.39 is 9.84 Å². The van der Waals surface area contributed by atoms with Gasteiger partial charge in [0, 0.05) is 12.8 Å². The van der Waals surface area contributed by atoms with Crippen LogP contribution in [0.3, 0.4) is 0 Å². The van der Waals surface area contributed by atoms with Crippen LogP contribution in [0, 0.1) is 0 Å². The molecule has 3 rings (SSSR count). The van der Waals surface area contributed by atoms with Crippen LogP contribution in [0.5, 0.6) is 0 Å². The Kier molecular flexibility index (Phi) is 3.74. The molecule has 0 spiro atoms. The Hall–Kier alpha value is -2.15. The number of amides is 1. The fourth-order valence-electron chi connectivity index (χ4n) is 2.79. The molecule has 0 saturated carbocycles. The lowest BCUT2D eigenvalue weighted by Crippen LogP contribution is -2.36. The van der Waals surface area contributed by atoms with Gasteiger partial charge in [0.25, 0.3) is 0 Å². The number of aryl methyl sites for hydroxylation is 1. The number of carbonyl (C=O) groups is 1. The molecular formula is C15H17N3O3S. The number of aromatic nitrogens is 2. The highest BCUT2D eigenvalue weighted by Gasteiger charge is 2.25. The summed E-state index contributed by atoms with van der Waals surface area (Å²) in [6, 6.07) is 6.64. The summed E-state index contributed by atoms with van der Waals surface area (Å²) in [4.78, 5) is 14.5. The largest absolute Gasteiger partial charge is 0.309 e. The maximum Gasteiger partial charge on any atom is 0.231 e. The molecule has 1 N–H and O–H groups in total. The molecule has 0 aliphatic carbocycles. The Bertz CT molecular complexity index is 811. The first-order valence-electron chi connectivity index (χ1n) is 7.07. The number of rotatable bonds is 3. The van der Waals surface area contributed by atoms with E-state index in [9.17, 15) is 13.2 Å². The van der Waals surface area contributed by atoms with Crippen molar-refractivity contribution in [2.75, 3.05) is 17.7 Å². The van der Waals surface area contributed by atoms with E-state index >= 15 is 0 Å². The minimum Gasteiger partial charge on any atom is -0.309 e. The van der Waals surface area contributed by atoms with E-state index in [1.807, 2.05) is 0 Å². The molecule has 1 amide bonds.